The van der Waals surface area contributed by atoms with Crippen LogP contribution in [0.25, 0.3) is 0 Å². The third-order valence-corrected chi connectivity index (χ3v) is 4.75. The number of fused-ring (bicyclic) bond motifs is 1. The Morgan fingerprint density at radius 2 is 1.68 bits per heavy atom. The molecule has 2 aromatic rings. The molecule has 28 heavy (non-hydrogen) atoms. The molecule has 0 radical (unpaired) electrons. The summed E-state index contributed by atoms with van der Waals surface area (Å²) in [5.74, 6) is -0.0516. The van der Waals surface area contributed by atoms with E-state index in [2.05, 4.69) is 5.32 Å². The first kappa shape index (κ1) is 19.6. The summed E-state index contributed by atoms with van der Waals surface area (Å²) < 4.78 is 5.38. The number of carbonyl (C=O) groups excluding carboxylic acids is 3. The first-order valence-corrected chi connectivity index (χ1v) is 9.47. The lowest BCUT2D eigenvalue weighted by Gasteiger charge is -2.08. The highest BCUT2D eigenvalue weighted by atomic mass is 16.5. The topological polar surface area (TPSA) is 98.5 Å². The molecule has 0 unspecified atom stereocenters. The van der Waals surface area contributed by atoms with Gasteiger partial charge in [0.1, 0.15) is 5.75 Å². The fourth-order valence-corrected chi connectivity index (χ4v) is 3.24. The van der Waals surface area contributed by atoms with Crippen LogP contribution in [0.3, 0.4) is 0 Å². The van der Waals surface area contributed by atoms with Crippen molar-refractivity contribution in [3.63, 3.8) is 0 Å². The van der Waals surface area contributed by atoms with Gasteiger partial charge in [-0.15, -0.1) is 0 Å². The fraction of sp³-hybridized carbons (Fsp3) is 0.318. The van der Waals surface area contributed by atoms with E-state index in [4.69, 9.17) is 10.5 Å². The van der Waals surface area contributed by atoms with Crippen LogP contribution in [0, 0.1) is 0 Å². The zero-order valence-corrected chi connectivity index (χ0v) is 15.7. The van der Waals surface area contributed by atoms with Crippen LogP contribution in [0.1, 0.15) is 47.2 Å². The first-order valence-electron chi connectivity index (χ1n) is 9.47. The number of hydrogen-bond acceptors (Lipinski definition) is 4. The monoisotopic (exact) mass is 380 g/mol. The quantitative estimate of drug-likeness (QED) is 0.653. The van der Waals surface area contributed by atoms with Crippen molar-refractivity contribution in [1.82, 2.24) is 0 Å². The molecule has 0 spiro atoms. The van der Waals surface area contributed by atoms with Gasteiger partial charge in [0.25, 0.3) is 0 Å². The molecule has 2 amide bonds. The molecule has 0 bridgehead atoms. The first-order chi connectivity index (χ1) is 13.5. The van der Waals surface area contributed by atoms with Crippen molar-refractivity contribution in [2.24, 2.45) is 5.73 Å². The molecule has 0 aliphatic heterocycles. The minimum Gasteiger partial charge on any atom is -0.493 e. The lowest BCUT2D eigenvalue weighted by Crippen LogP contribution is -2.15. The highest BCUT2D eigenvalue weighted by Crippen LogP contribution is 2.23. The van der Waals surface area contributed by atoms with E-state index >= 15 is 0 Å². The second-order valence-corrected chi connectivity index (χ2v) is 6.90. The van der Waals surface area contributed by atoms with Crippen LogP contribution >= 0.6 is 0 Å². The molecule has 6 nitrogen and oxygen atoms in total. The molecule has 0 saturated carbocycles. The van der Waals surface area contributed by atoms with E-state index in [1.165, 1.54) is 11.1 Å². The van der Waals surface area contributed by atoms with Gasteiger partial charge >= 0.3 is 0 Å². The Hall–Kier alpha value is -3.15. The Balaban J connectivity index is 1.45. The minimum absolute atomic E-state index is 0.0111. The Morgan fingerprint density at radius 1 is 0.929 bits per heavy atom. The predicted molar refractivity (Wildman–Crippen MR) is 106 cm³/mol. The van der Waals surface area contributed by atoms with Gasteiger partial charge in [0, 0.05) is 24.1 Å². The molecule has 3 rings (SSSR count). The Bertz CT molecular complexity index is 875. The minimum atomic E-state index is -0.418. The summed E-state index contributed by atoms with van der Waals surface area (Å²) in [6, 6.07) is 12.7. The fourth-order valence-electron chi connectivity index (χ4n) is 3.24. The Labute approximate surface area is 164 Å². The van der Waals surface area contributed by atoms with Crippen LogP contribution in [0.4, 0.5) is 5.69 Å². The number of hydrogen-bond donors (Lipinski definition) is 2. The van der Waals surface area contributed by atoms with E-state index < -0.39 is 5.91 Å². The van der Waals surface area contributed by atoms with Gasteiger partial charge < -0.3 is 15.8 Å². The van der Waals surface area contributed by atoms with Gasteiger partial charge in [0.2, 0.25) is 11.8 Å². The largest absolute Gasteiger partial charge is 0.493 e. The zero-order valence-electron chi connectivity index (χ0n) is 15.7. The van der Waals surface area contributed by atoms with E-state index in [1.54, 1.807) is 24.3 Å². The van der Waals surface area contributed by atoms with Crippen molar-refractivity contribution in [3.8, 4) is 5.75 Å². The predicted octanol–water partition coefficient (Wildman–Crippen LogP) is 3.03. The Kier molecular flexibility index (Phi) is 6.42. The van der Waals surface area contributed by atoms with Gasteiger partial charge in [0.15, 0.2) is 5.78 Å². The van der Waals surface area contributed by atoms with Crippen LogP contribution in [0.5, 0.6) is 5.75 Å². The number of carbonyl (C=O) groups is 3. The van der Waals surface area contributed by atoms with Crippen molar-refractivity contribution in [2.75, 3.05) is 11.9 Å². The van der Waals surface area contributed by atoms with Crippen molar-refractivity contribution < 1.29 is 19.1 Å². The van der Waals surface area contributed by atoms with E-state index in [9.17, 15) is 14.4 Å². The summed E-state index contributed by atoms with van der Waals surface area (Å²) in [6.07, 6.45) is 3.72. The standard InChI is InChI=1S/C22H24N2O4/c23-21(26)12-13-28-19-8-6-18(7-9-19)24-22(27)11-10-20(25)17-5-4-15-2-1-3-16(15)14-17/h4-9,14H,1-3,10-13H2,(H2,23,26)(H,24,27). The van der Waals surface area contributed by atoms with E-state index in [0.717, 1.165) is 19.3 Å². The molecule has 146 valence electrons. The smallest absolute Gasteiger partial charge is 0.224 e. The number of ether oxygens (including phenoxy) is 1. The molecule has 0 aromatic heterocycles. The van der Waals surface area contributed by atoms with Crippen LogP contribution in [-0.2, 0) is 22.4 Å². The molecular formula is C22H24N2O4. The van der Waals surface area contributed by atoms with Crippen molar-refractivity contribution in [1.29, 1.82) is 0 Å². The second kappa shape index (κ2) is 9.17. The lowest BCUT2D eigenvalue weighted by atomic mass is 10.0. The number of amides is 2. The number of nitrogens with two attached hydrogens (primary N) is 1. The third kappa shape index (κ3) is 5.42. The number of rotatable bonds is 9. The maximum atomic E-state index is 12.4. The molecule has 6 heteroatoms. The van der Waals surface area contributed by atoms with Crippen LogP contribution < -0.4 is 15.8 Å². The summed E-state index contributed by atoms with van der Waals surface area (Å²) >= 11 is 0. The van der Waals surface area contributed by atoms with E-state index in [0.29, 0.717) is 17.0 Å². The molecule has 0 saturated heterocycles. The summed E-state index contributed by atoms with van der Waals surface area (Å²) in [5, 5.41) is 2.77. The molecule has 1 aliphatic carbocycles. The molecule has 1 aliphatic rings. The molecule has 2 aromatic carbocycles. The van der Waals surface area contributed by atoms with Crippen molar-refractivity contribution >= 4 is 23.3 Å². The third-order valence-electron chi connectivity index (χ3n) is 4.75. The maximum Gasteiger partial charge on any atom is 0.224 e. The average molecular weight is 380 g/mol. The molecule has 0 fully saturated rings. The van der Waals surface area contributed by atoms with E-state index in [1.807, 2.05) is 18.2 Å². The number of ketones is 1. The summed E-state index contributed by atoms with van der Waals surface area (Å²) in [7, 11) is 0. The average Bonchev–Trinajstić information content (AvgIpc) is 3.15. The van der Waals surface area contributed by atoms with Crippen molar-refractivity contribution in [2.45, 2.75) is 38.5 Å². The highest BCUT2D eigenvalue weighted by Gasteiger charge is 2.15. The highest BCUT2D eigenvalue weighted by molar-refractivity contribution is 6.00. The van der Waals surface area contributed by atoms with Crippen LogP contribution in [0.15, 0.2) is 42.5 Å². The number of nitrogens with one attached hydrogen (secondary N) is 1. The summed E-state index contributed by atoms with van der Waals surface area (Å²) in [6.45, 7) is 0.214. The van der Waals surface area contributed by atoms with Gasteiger partial charge in [-0.25, -0.2) is 0 Å². The number of anilines is 1. The molecule has 0 heterocycles. The van der Waals surface area contributed by atoms with Gasteiger partial charge in [-0.1, -0.05) is 12.1 Å². The number of Topliss-reactive ketones (excluding diaryl/α,β-unsaturated/α-hetero) is 1. The SMILES string of the molecule is NC(=O)CCOc1ccc(NC(=O)CCC(=O)c2ccc3c(c2)CCC3)cc1. The maximum absolute atomic E-state index is 12.4. The van der Waals surface area contributed by atoms with Crippen LogP contribution in [-0.4, -0.2) is 24.2 Å². The molecule has 3 N–H and O–H groups in total. The van der Waals surface area contributed by atoms with Crippen LogP contribution in [0.2, 0.25) is 0 Å². The second-order valence-electron chi connectivity index (χ2n) is 6.90. The Morgan fingerprint density at radius 3 is 2.43 bits per heavy atom. The lowest BCUT2D eigenvalue weighted by molar-refractivity contribution is -0.118. The van der Waals surface area contributed by atoms with Gasteiger partial charge in [-0.2, -0.15) is 0 Å². The van der Waals surface area contributed by atoms with E-state index in [-0.39, 0.29) is 37.6 Å². The molecular weight excluding hydrogens is 356 g/mol. The number of benzene rings is 2. The summed E-state index contributed by atoms with van der Waals surface area (Å²) in [5.41, 5.74) is 8.95. The van der Waals surface area contributed by atoms with Crippen molar-refractivity contribution in [3.05, 3.63) is 59.2 Å². The van der Waals surface area contributed by atoms with Gasteiger partial charge in [-0.05, 0) is 60.7 Å². The number of aryl methyl sites for hydroxylation is 2. The zero-order chi connectivity index (χ0) is 19.9. The summed E-state index contributed by atoms with van der Waals surface area (Å²) in [4.78, 5) is 35.2. The normalized spacial score (nSPS) is 12.3. The molecule has 0 atom stereocenters. The number of primary amides is 1. The van der Waals surface area contributed by atoms with Gasteiger partial charge in [-0.3, -0.25) is 14.4 Å². The van der Waals surface area contributed by atoms with Gasteiger partial charge in [0.05, 0.1) is 13.0 Å².